The van der Waals surface area contributed by atoms with Crippen LogP contribution in [0, 0.1) is 20.8 Å². The highest BCUT2D eigenvalue weighted by molar-refractivity contribution is 6.36. The summed E-state index contributed by atoms with van der Waals surface area (Å²) in [5, 5.41) is 3.35. The lowest BCUT2D eigenvalue weighted by molar-refractivity contribution is -0.123. The van der Waals surface area contributed by atoms with Gasteiger partial charge in [0.15, 0.2) is 6.10 Å². The fourth-order valence-electron chi connectivity index (χ4n) is 2.19. The van der Waals surface area contributed by atoms with Gasteiger partial charge in [-0.1, -0.05) is 23.2 Å². The van der Waals surface area contributed by atoms with Crippen molar-refractivity contribution in [1.29, 1.82) is 0 Å². The van der Waals surface area contributed by atoms with Gasteiger partial charge >= 0.3 is 5.97 Å². The van der Waals surface area contributed by atoms with E-state index in [1.807, 2.05) is 0 Å². The Morgan fingerprint density at radius 1 is 1.17 bits per heavy atom. The Morgan fingerprint density at radius 3 is 2.38 bits per heavy atom. The third-order valence-corrected chi connectivity index (χ3v) is 4.16. The number of carbonyl (C=O) groups excluding carboxylic acids is 2. The summed E-state index contributed by atoms with van der Waals surface area (Å²) in [7, 11) is 0. The topological polar surface area (TPSA) is 68.5 Å². The van der Waals surface area contributed by atoms with Gasteiger partial charge in [-0.2, -0.15) is 0 Å². The third-order valence-electron chi connectivity index (χ3n) is 3.61. The number of benzene rings is 1. The first-order valence-electron chi connectivity index (χ1n) is 7.24. The average molecular weight is 370 g/mol. The van der Waals surface area contributed by atoms with Crippen molar-refractivity contribution in [3.8, 4) is 0 Å². The first-order chi connectivity index (χ1) is 11.2. The van der Waals surface area contributed by atoms with Crippen molar-refractivity contribution in [3.05, 3.63) is 50.9 Å². The molecule has 0 aliphatic carbocycles. The fraction of sp³-hybridized carbons (Fsp3) is 0.294. The zero-order chi connectivity index (χ0) is 18.0. The van der Waals surface area contributed by atoms with E-state index in [1.165, 1.54) is 13.0 Å². The minimum absolute atomic E-state index is 0.298. The predicted octanol–water partition coefficient (Wildman–Crippen LogP) is 4.70. The molecule has 0 aliphatic heterocycles. The lowest BCUT2D eigenvalue weighted by Crippen LogP contribution is -2.30. The lowest BCUT2D eigenvalue weighted by atomic mass is 10.1. The summed E-state index contributed by atoms with van der Waals surface area (Å²) in [6.07, 6.45) is -1.00. The molecule has 0 saturated heterocycles. The molecule has 128 valence electrons. The number of amides is 1. The standard InChI is InChI=1S/C17H17Cl2NO4/c1-8-9(2)23-10(3)15(8)17(22)24-11(4)16(21)20-14-6-5-12(18)7-13(14)19/h5-7,11H,1-4H3,(H,20,21)/t11-/m1/s1. The fourth-order valence-corrected chi connectivity index (χ4v) is 2.65. The number of hydrogen-bond donors (Lipinski definition) is 1. The molecule has 1 atom stereocenters. The number of hydrogen-bond acceptors (Lipinski definition) is 4. The molecule has 0 aliphatic rings. The molecule has 24 heavy (non-hydrogen) atoms. The third kappa shape index (κ3) is 3.91. The first-order valence-corrected chi connectivity index (χ1v) is 7.99. The molecule has 0 fully saturated rings. The van der Waals surface area contributed by atoms with Crippen LogP contribution in [-0.4, -0.2) is 18.0 Å². The molecular weight excluding hydrogens is 353 g/mol. The van der Waals surface area contributed by atoms with Crippen LogP contribution in [0.4, 0.5) is 5.69 Å². The summed E-state index contributed by atoms with van der Waals surface area (Å²) in [4.78, 5) is 24.5. The van der Waals surface area contributed by atoms with Gasteiger partial charge in [-0.25, -0.2) is 4.79 Å². The predicted molar refractivity (Wildman–Crippen MR) is 92.9 cm³/mol. The summed E-state index contributed by atoms with van der Waals surface area (Å²) >= 11 is 11.8. The zero-order valence-corrected chi connectivity index (χ0v) is 15.2. The number of rotatable bonds is 4. The van der Waals surface area contributed by atoms with Gasteiger partial charge in [0.1, 0.15) is 17.1 Å². The van der Waals surface area contributed by atoms with E-state index in [2.05, 4.69) is 5.32 Å². The molecule has 2 rings (SSSR count). The molecule has 1 aromatic carbocycles. The van der Waals surface area contributed by atoms with E-state index in [-0.39, 0.29) is 0 Å². The Kier molecular flexibility index (Phi) is 5.57. The second-order valence-electron chi connectivity index (χ2n) is 5.38. The highest BCUT2D eigenvalue weighted by atomic mass is 35.5. The maximum absolute atomic E-state index is 12.3. The number of carbonyl (C=O) groups is 2. The van der Waals surface area contributed by atoms with E-state index in [0.29, 0.717) is 38.4 Å². The van der Waals surface area contributed by atoms with Crippen LogP contribution in [0.2, 0.25) is 10.0 Å². The van der Waals surface area contributed by atoms with E-state index in [4.69, 9.17) is 32.4 Å². The molecule has 1 aromatic heterocycles. The van der Waals surface area contributed by atoms with E-state index in [9.17, 15) is 9.59 Å². The van der Waals surface area contributed by atoms with Gasteiger partial charge in [-0.15, -0.1) is 0 Å². The summed E-state index contributed by atoms with van der Waals surface area (Å²) in [5.41, 5.74) is 1.43. The number of nitrogens with one attached hydrogen (secondary N) is 1. The van der Waals surface area contributed by atoms with Crippen molar-refractivity contribution in [2.24, 2.45) is 0 Å². The maximum Gasteiger partial charge on any atom is 0.342 e. The number of aryl methyl sites for hydroxylation is 2. The van der Waals surface area contributed by atoms with Crippen LogP contribution in [0.15, 0.2) is 22.6 Å². The Balaban J connectivity index is 2.07. The summed E-state index contributed by atoms with van der Waals surface area (Å²) in [6.45, 7) is 6.68. The molecule has 5 nitrogen and oxygen atoms in total. The SMILES string of the molecule is Cc1oc(C)c(C(=O)O[C@H](C)C(=O)Nc2ccc(Cl)cc2Cl)c1C. The van der Waals surface area contributed by atoms with Gasteiger partial charge in [0, 0.05) is 10.6 Å². The Labute approximate surface area is 149 Å². The van der Waals surface area contributed by atoms with Gasteiger partial charge in [-0.05, 0) is 45.9 Å². The molecule has 0 spiro atoms. The number of halogens is 2. The van der Waals surface area contributed by atoms with Crippen LogP contribution in [0.25, 0.3) is 0 Å². The summed E-state index contributed by atoms with van der Waals surface area (Å²) < 4.78 is 10.6. The van der Waals surface area contributed by atoms with Crippen molar-refractivity contribution >= 4 is 40.8 Å². The van der Waals surface area contributed by atoms with Gasteiger partial charge < -0.3 is 14.5 Å². The molecule has 0 unspecified atom stereocenters. The minimum Gasteiger partial charge on any atom is -0.465 e. The molecule has 2 aromatic rings. The van der Waals surface area contributed by atoms with Crippen LogP contribution in [0.1, 0.15) is 34.4 Å². The second-order valence-corrected chi connectivity index (χ2v) is 6.22. The minimum atomic E-state index is -1.00. The smallest absolute Gasteiger partial charge is 0.342 e. The normalized spacial score (nSPS) is 11.9. The molecule has 1 N–H and O–H groups in total. The monoisotopic (exact) mass is 369 g/mol. The van der Waals surface area contributed by atoms with Crippen LogP contribution >= 0.6 is 23.2 Å². The molecule has 1 heterocycles. The van der Waals surface area contributed by atoms with Gasteiger partial charge in [0.2, 0.25) is 0 Å². The highest BCUT2D eigenvalue weighted by Gasteiger charge is 2.25. The molecule has 7 heteroatoms. The molecule has 0 radical (unpaired) electrons. The zero-order valence-electron chi connectivity index (χ0n) is 13.7. The Morgan fingerprint density at radius 2 is 1.83 bits per heavy atom. The van der Waals surface area contributed by atoms with E-state index in [0.717, 1.165) is 0 Å². The van der Waals surface area contributed by atoms with Crippen LogP contribution < -0.4 is 5.32 Å². The van der Waals surface area contributed by atoms with Crippen molar-refractivity contribution in [2.75, 3.05) is 5.32 Å². The molecule has 0 saturated carbocycles. The first kappa shape index (κ1) is 18.4. The van der Waals surface area contributed by atoms with E-state index in [1.54, 1.807) is 32.9 Å². The quantitative estimate of drug-likeness (QED) is 0.793. The van der Waals surface area contributed by atoms with E-state index >= 15 is 0 Å². The second kappa shape index (κ2) is 7.28. The largest absolute Gasteiger partial charge is 0.465 e. The van der Waals surface area contributed by atoms with Crippen LogP contribution in [0.3, 0.4) is 0 Å². The van der Waals surface area contributed by atoms with Crippen LogP contribution in [-0.2, 0) is 9.53 Å². The van der Waals surface area contributed by atoms with Gasteiger partial charge in [0.25, 0.3) is 5.91 Å². The van der Waals surface area contributed by atoms with Crippen molar-refractivity contribution in [2.45, 2.75) is 33.8 Å². The Hall–Kier alpha value is -1.98. The lowest BCUT2D eigenvalue weighted by Gasteiger charge is -2.14. The van der Waals surface area contributed by atoms with Crippen LogP contribution in [0.5, 0.6) is 0 Å². The summed E-state index contributed by atoms with van der Waals surface area (Å²) in [5.74, 6) is 0.00246. The van der Waals surface area contributed by atoms with Crippen molar-refractivity contribution in [3.63, 3.8) is 0 Å². The maximum atomic E-state index is 12.3. The number of anilines is 1. The highest BCUT2D eigenvalue weighted by Crippen LogP contribution is 2.26. The van der Waals surface area contributed by atoms with Crippen molar-refractivity contribution < 1.29 is 18.7 Å². The average Bonchev–Trinajstić information content (AvgIpc) is 2.74. The number of furan rings is 1. The Bertz CT molecular complexity index is 798. The number of ether oxygens (including phenoxy) is 1. The number of esters is 1. The van der Waals surface area contributed by atoms with E-state index < -0.39 is 18.0 Å². The molecule has 0 bridgehead atoms. The molecule has 1 amide bonds. The van der Waals surface area contributed by atoms with Crippen molar-refractivity contribution in [1.82, 2.24) is 0 Å². The van der Waals surface area contributed by atoms with Gasteiger partial charge in [0.05, 0.1) is 10.7 Å². The molecular formula is C17H17Cl2NO4. The van der Waals surface area contributed by atoms with Gasteiger partial charge in [-0.3, -0.25) is 4.79 Å². The summed E-state index contributed by atoms with van der Waals surface area (Å²) in [6, 6.07) is 4.68.